The molecule has 30 heavy (non-hydrogen) atoms. The van der Waals surface area contributed by atoms with E-state index in [1.54, 1.807) is 29.2 Å². The van der Waals surface area contributed by atoms with E-state index in [1.807, 2.05) is 0 Å². The second-order valence-electron chi connectivity index (χ2n) is 7.07. The number of hydrogen-bond donors (Lipinski definition) is 2. The number of anilines is 1. The second kappa shape index (κ2) is 6.89. The van der Waals surface area contributed by atoms with Gasteiger partial charge in [0.2, 0.25) is 5.91 Å². The molecule has 9 nitrogen and oxygen atoms in total. The van der Waals surface area contributed by atoms with Gasteiger partial charge in [0.05, 0.1) is 16.8 Å². The molecule has 12 heteroatoms. The van der Waals surface area contributed by atoms with Gasteiger partial charge in [-0.15, -0.1) is 0 Å². The van der Waals surface area contributed by atoms with Crippen molar-refractivity contribution in [2.45, 2.75) is 17.7 Å². The van der Waals surface area contributed by atoms with Crippen LogP contribution in [0.15, 0.2) is 35.6 Å². The number of carbonyl (C=O) groups excluding carboxylic acids is 1. The highest BCUT2D eigenvalue weighted by Gasteiger charge is 2.30. The zero-order chi connectivity index (χ0) is 21.0. The summed E-state index contributed by atoms with van der Waals surface area (Å²) >= 11 is 7.32. The summed E-state index contributed by atoms with van der Waals surface area (Å²) in [6, 6.07) is 4.69. The normalized spacial score (nSPS) is 14.3. The van der Waals surface area contributed by atoms with Gasteiger partial charge in [-0.1, -0.05) is 29.0 Å². The van der Waals surface area contributed by atoms with Crippen LogP contribution in [-0.2, 0) is 14.6 Å². The van der Waals surface area contributed by atoms with Crippen molar-refractivity contribution in [3.8, 4) is 17.1 Å². The zero-order valence-corrected chi connectivity index (χ0v) is 18.0. The molecule has 2 N–H and O–H groups in total. The van der Waals surface area contributed by atoms with E-state index >= 15 is 0 Å². The van der Waals surface area contributed by atoms with Gasteiger partial charge in [0, 0.05) is 22.8 Å². The number of aromatic nitrogens is 5. The molecule has 0 bridgehead atoms. The smallest absolute Gasteiger partial charge is 0.229 e. The lowest BCUT2D eigenvalue weighted by atomic mass is 10.1. The number of fused-ring (bicyclic) bond motifs is 1. The first kappa shape index (κ1) is 19.2. The van der Waals surface area contributed by atoms with Crippen LogP contribution in [0.25, 0.3) is 27.4 Å². The lowest BCUT2D eigenvalue weighted by Crippen LogP contribution is -2.12. The van der Waals surface area contributed by atoms with Crippen molar-refractivity contribution in [1.29, 1.82) is 0 Å². The highest BCUT2D eigenvalue weighted by molar-refractivity contribution is 7.90. The molecule has 0 radical (unpaired) electrons. The average Bonchev–Trinajstić information content (AvgIpc) is 3.11. The number of thiazole rings is 1. The molecule has 0 spiro atoms. The number of H-pyrrole nitrogens is 1. The van der Waals surface area contributed by atoms with Crippen molar-refractivity contribution in [1.82, 2.24) is 24.7 Å². The number of sulfone groups is 1. The maximum absolute atomic E-state index is 12.3. The Morgan fingerprint density at radius 3 is 2.90 bits per heavy atom. The lowest BCUT2D eigenvalue weighted by molar-refractivity contribution is -0.117. The highest BCUT2D eigenvalue weighted by atomic mass is 35.5. The zero-order valence-electron chi connectivity index (χ0n) is 15.6. The molecule has 154 valence electrons. The van der Waals surface area contributed by atoms with Crippen molar-refractivity contribution < 1.29 is 13.2 Å². The minimum Gasteiger partial charge on any atom is -0.302 e. The summed E-state index contributed by atoms with van der Waals surface area (Å²) in [7, 11) is -3.53. The minimum absolute atomic E-state index is 0.0248. The third-order valence-electron chi connectivity index (χ3n) is 4.76. The van der Waals surface area contributed by atoms with Gasteiger partial charge in [0.25, 0.3) is 0 Å². The quantitative estimate of drug-likeness (QED) is 0.469. The van der Waals surface area contributed by atoms with E-state index in [2.05, 4.69) is 25.5 Å². The summed E-state index contributed by atoms with van der Waals surface area (Å²) in [5.74, 6) is 0.559. The van der Waals surface area contributed by atoms with Crippen molar-refractivity contribution in [2.75, 3.05) is 11.6 Å². The van der Waals surface area contributed by atoms with E-state index in [-0.39, 0.29) is 16.7 Å². The third-order valence-corrected chi connectivity index (χ3v) is 7.10. The van der Waals surface area contributed by atoms with E-state index in [9.17, 15) is 13.2 Å². The van der Waals surface area contributed by atoms with Gasteiger partial charge in [0.1, 0.15) is 11.0 Å². The van der Waals surface area contributed by atoms with Crippen LogP contribution in [0.3, 0.4) is 0 Å². The van der Waals surface area contributed by atoms with Gasteiger partial charge < -0.3 is 5.32 Å². The Morgan fingerprint density at radius 1 is 1.37 bits per heavy atom. The first-order valence-electron chi connectivity index (χ1n) is 9.00. The predicted molar refractivity (Wildman–Crippen MR) is 114 cm³/mol. The summed E-state index contributed by atoms with van der Waals surface area (Å²) in [4.78, 5) is 20.7. The van der Waals surface area contributed by atoms with Gasteiger partial charge in [-0.2, -0.15) is 5.10 Å². The van der Waals surface area contributed by atoms with Gasteiger partial charge in [0.15, 0.2) is 26.4 Å². The largest absolute Gasteiger partial charge is 0.302 e. The molecule has 5 rings (SSSR count). The number of amides is 1. The van der Waals surface area contributed by atoms with Crippen LogP contribution in [0.5, 0.6) is 0 Å². The van der Waals surface area contributed by atoms with Gasteiger partial charge in [-0.3, -0.25) is 14.5 Å². The fourth-order valence-corrected chi connectivity index (χ4v) is 5.21. The Hall–Kier alpha value is -2.76. The van der Waals surface area contributed by atoms with Gasteiger partial charge >= 0.3 is 0 Å². The van der Waals surface area contributed by atoms with Crippen LogP contribution >= 0.6 is 22.9 Å². The summed E-state index contributed by atoms with van der Waals surface area (Å²) in [5.41, 5.74) is 1.53. The first-order valence-corrected chi connectivity index (χ1v) is 12.1. The predicted octanol–water partition coefficient (Wildman–Crippen LogP) is 3.28. The Kier molecular flexibility index (Phi) is 4.42. The number of rotatable bonds is 5. The molecular weight excluding hydrogens is 448 g/mol. The van der Waals surface area contributed by atoms with E-state index < -0.39 is 9.84 Å². The number of nitrogens with zero attached hydrogens (tertiary/aromatic N) is 4. The summed E-state index contributed by atoms with van der Waals surface area (Å²) in [6.45, 7) is 0. The number of hydrogen-bond acceptors (Lipinski definition) is 7. The molecule has 3 aromatic heterocycles. The van der Waals surface area contributed by atoms with Crippen LogP contribution in [0.1, 0.15) is 12.8 Å². The third kappa shape index (κ3) is 3.38. The molecular formula is C18H15ClN6O3S2. The molecule has 4 aromatic rings. The molecule has 3 heterocycles. The first-order chi connectivity index (χ1) is 14.3. The number of benzene rings is 1. The molecule has 0 aliphatic heterocycles. The summed E-state index contributed by atoms with van der Waals surface area (Å²) in [5, 5.41) is 10.8. The van der Waals surface area contributed by atoms with E-state index in [4.69, 9.17) is 11.6 Å². The molecule has 0 atom stereocenters. The number of imidazole rings is 1. The minimum atomic E-state index is -3.53. The fourth-order valence-electron chi connectivity index (χ4n) is 3.15. The van der Waals surface area contributed by atoms with Crippen LogP contribution in [0.4, 0.5) is 5.13 Å². The van der Waals surface area contributed by atoms with Crippen molar-refractivity contribution in [2.24, 2.45) is 5.92 Å². The molecule has 1 aliphatic carbocycles. The van der Waals surface area contributed by atoms with Gasteiger partial charge in [-0.05, 0) is 25.0 Å². The fraction of sp³-hybridized carbons (Fsp3) is 0.222. The Morgan fingerprint density at radius 2 is 2.17 bits per heavy atom. The van der Waals surface area contributed by atoms with E-state index in [1.165, 1.54) is 17.4 Å². The molecule has 0 unspecified atom stereocenters. The maximum atomic E-state index is 12.3. The molecule has 0 saturated heterocycles. The van der Waals surface area contributed by atoms with Crippen molar-refractivity contribution in [3.05, 3.63) is 35.7 Å². The van der Waals surface area contributed by atoms with Crippen LogP contribution < -0.4 is 5.32 Å². The molecule has 1 aromatic carbocycles. The summed E-state index contributed by atoms with van der Waals surface area (Å²) < 4.78 is 27.0. The standard InChI is InChI=1S/C18H15ClN6O3S2/c1-30(27,28)13-6-10(19)4-5-11(13)12-7-20-8-25(12)16-14-15(23-24-16)21-18(29-14)22-17(26)9-2-3-9/h4-9H,2-3H2,1H3,(H2,21,22,23,24,26). The van der Waals surface area contributed by atoms with Crippen LogP contribution in [0, 0.1) is 5.92 Å². The molecule has 1 fully saturated rings. The van der Waals surface area contributed by atoms with Gasteiger partial charge in [-0.25, -0.2) is 18.4 Å². The average molecular weight is 463 g/mol. The number of aromatic amines is 1. The summed E-state index contributed by atoms with van der Waals surface area (Å²) in [6.07, 6.45) is 6.06. The van der Waals surface area contributed by atoms with Crippen LogP contribution in [-0.4, -0.2) is 45.3 Å². The maximum Gasteiger partial charge on any atom is 0.229 e. The highest BCUT2D eigenvalue weighted by Crippen LogP contribution is 2.36. The second-order valence-corrected chi connectivity index (χ2v) is 10.5. The topological polar surface area (TPSA) is 123 Å². The van der Waals surface area contributed by atoms with Crippen molar-refractivity contribution in [3.63, 3.8) is 0 Å². The van der Waals surface area contributed by atoms with Crippen molar-refractivity contribution >= 4 is 54.2 Å². The number of nitrogens with one attached hydrogen (secondary N) is 2. The molecule has 1 amide bonds. The monoisotopic (exact) mass is 462 g/mol. The Bertz CT molecular complexity index is 1400. The SMILES string of the molecule is CS(=O)(=O)c1cc(Cl)ccc1-c1cncn1-c1n[nH]c2nc(NC(=O)C3CC3)sc12. The number of halogens is 1. The molecule has 1 aliphatic rings. The van der Waals surface area contributed by atoms with Crippen LogP contribution in [0.2, 0.25) is 5.02 Å². The molecule has 1 saturated carbocycles. The lowest BCUT2D eigenvalue weighted by Gasteiger charge is -2.10. The Balaban J connectivity index is 1.60. The Labute approximate surface area is 180 Å². The van der Waals surface area contributed by atoms with E-state index in [0.717, 1.165) is 23.8 Å². The van der Waals surface area contributed by atoms with E-state index in [0.29, 0.717) is 32.9 Å². The number of carbonyl (C=O) groups is 1.